The highest BCUT2D eigenvalue weighted by Crippen LogP contribution is 2.28. The Balaban J connectivity index is 1.90. The number of alkyl halides is 2. The summed E-state index contributed by atoms with van der Waals surface area (Å²) in [4.78, 5) is 13.2. The third-order valence-electron chi connectivity index (χ3n) is 3.13. The van der Waals surface area contributed by atoms with Gasteiger partial charge in [-0.05, 0) is 19.4 Å². The van der Waals surface area contributed by atoms with E-state index in [1.165, 1.54) is 4.90 Å². The lowest BCUT2D eigenvalue weighted by Crippen LogP contribution is -2.42. The number of rotatable bonds is 1. The Bertz CT molecular complexity index is 252. The summed E-state index contributed by atoms with van der Waals surface area (Å²) >= 11 is 0. The molecule has 2 rings (SSSR count). The molecule has 2 saturated heterocycles. The smallest absolute Gasteiger partial charge is 0.267 e. The number of nitrogens with one attached hydrogen (secondary N) is 1. The lowest BCUT2D eigenvalue weighted by Gasteiger charge is -2.26. The molecule has 0 radical (unpaired) electrons. The van der Waals surface area contributed by atoms with Gasteiger partial charge in [0.15, 0.2) is 0 Å². The van der Waals surface area contributed by atoms with E-state index in [4.69, 9.17) is 0 Å². The maximum absolute atomic E-state index is 12.9. The van der Waals surface area contributed by atoms with Gasteiger partial charge in [-0.1, -0.05) is 0 Å². The summed E-state index contributed by atoms with van der Waals surface area (Å²) in [6, 6.07) is 0. The number of hydrogen-bond acceptors (Lipinski definition) is 2. The van der Waals surface area contributed by atoms with E-state index in [0.717, 1.165) is 19.4 Å². The van der Waals surface area contributed by atoms with Gasteiger partial charge >= 0.3 is 0 Å². The van der Waals surface area contributed by atoms with Crippen LogP contribution in [0.1, 0.15) is 19.3 Å². The largest absolute Gasteiger partial charge is 0.336 e. The van der Waals surface area contributed by atoms with Crippen LogP contribution in [-0.2, 0) is 4.79 Å². The van der Waals surface area contributed by atoms with Crippen molar-refractivity contribution in [3.8, 4) is 0 Å². The molecule has 0 saturated carbocycles. The van der Waals surface area contributed by atoms with Crippen LogP contribution >= 0.6 is 0 Å². The van der Waals surface area contributed by atoms with E-state index in [-0.39, 0.29) is 31.3 Å². The van der Waals surface area contributed by atoms with Crippen LogP contribution in [0.15, 0.2) is 0 Å². The highest BCUT2D eigenvalue weighted by atomic mass is 19.3. The van der Waals surface area contributed by atoms with Crippen LogP contribution in [0.2, 0.25) is 0 Å². The highest BCUT2D eigenvalue weighted by Gasteiger charge is 2.41. The minimum atomic E-state index is -2.67. The second kappa shape index (κ2) is 4.04. The highest BCUT2D eigenvalue weighted by molar-refractivity contribution is 5.79. The first-order chi connectivity index (χ1) is 7.08. The van der Waals surface area contributed by atoms with Crippen LogP contribution in [0, 0.1) is 5.92 Å². The SMILES string of the molecule is O=C([C@@H]1CCCNC1)N1CCC(F)(F)C1. The first-order valence-electron chi connectivity index (χ1n) is 5.46. The first kappa shape index (κ1) is 10.8. The van der Waals surface area contributed by atoms with Gasteiger partial charge in [0.2, 0.25) is 5.91 Å². The molecule has 1 amide bonds. The zero-order valence-corrected chi connectivity index (χ0v) is 8.64. The molecule has 0 aromatic rings. The van der Waals surface area contributed by atoms with Crippen LogP contribution in [0.5, 0.6) is 0 Å². The number of piperidine rings is 1. The Morgan fingerprint density at radius 2 is 2.27 bits per heavy atom. The van der Waals surface area contributed by atoms with E-state index in [1.54, 1.807) is 0 Å². The van der Waals surface area contributed by atoms with Gasteiger partial charge in [0.05, 0.1) is 12.5 Å². The van der Waals surface area contributed by atoms with Crippen LogP contribution in [0.3, 0.4) is 0 Å². The molecule has 2 fully saturated rings. The van der Waals surface area contributed by atoms with E-state index in [0.29, 0.717) is 6.54 Å². The molecule has 0 bridgehead atoms. The van der Waals surface area contributed by atoms with E-state index in [9.17, 15) is 13.6 Å². The summed E-state index contributed by atoms with van der Waals surface area (Å²) in [6.07, 6.45) is 1.60. The van der Waals surface area contributed by atoms with Crippen molar-refractivity contribution >= 4 is 5.91 Å². The van der Waals surface area contributed by atoms with Gasteiger partial charge in [0, 0.05) is 19.5 Å². The molecule has 86 valence electrons. The third-order valence-corrected chi connectivity index (χ3v) is 3.13. The average Bonchev–Trinajstić information content (AvgIpc) is 2.59. The lowest BCUT2D eigenvalue weighted by atomic mass is 9.98. The number of carbonyl (C=O) groups is 1. The van der Waals surface area contributed by atoms with Gasteiger partial charge in [-0.2, -0.15) is 0 Å². The van der Waals surface area contributed by atoms with Crippen LogP contribution in [0.25, 0.3) is 0 Å². The molecule has 0 spiro atoms. The summed E-state index contributed by atoms with van der Waals surface area (Å²) in [5, 5.41) is 3.12. The number of amides is 1. The number of likely N-dealkylation sites (tertiary alicyclic amines) is 1. The summed E-state index contributed by atoms with van der Waals surface area (Å²) < 4.78 is 25.8. The summed E-state index contributed by atoms with van der Waals surface area (Å²) in [6.45, 7) is 1.39. The molecule has 0 unspecified atom stereocenters. The predicted molar refractivity (Wildman–Crippen MR) is 51.7 cm³/mol. The Morgan fingerprint density at radius 3 is 2.80 bits per heavy atom. The topological polar surface area (TPSA) is 32.3 Å². The first-order valence-corrected chi connectivity index (χ1v) is 5.46. The molecule has 0 aromatic carbocycles. The number of carbonyl (C=O) groups excluding carboxylic acids is 1. The fourth-order valence-electron chi connectivity index (χ4n) is 2.24. The van der Waals surface area contributed by atoms with Crippen molar-refractivity contribution < 1.29 is 13.6 Å². The van der Waals surface area contributed by atoms with Crippen molar-refractivity contribution in [1.82, 2.24) is 10.2 Å². The molecule has 15 heavy (non-hydrogen) atoms. The van der Waals surface area contributed by atoms with Crippen molar-refractivity contribution in [3.63, 3.8) is 0 Å². The van der Waals surface area contributed by atoms with Gasteiger partial charge in [-0.25, -0.2) is 8.78 Å². The van der Waals surface area contributed by atoms with Gasteiger partial charge < -0.3 is 10.2 Å². The van der Waals surface area contributed by atoms with Gasteiger partial charge in [0.25, 0.3) is 5.92 Å². The maximum atomic E-state index is 12.9. The van der Waals surface area contributed by atoms with E-state index in [2.05, 4.69) is 5.32 Å². The van der Waals surface area contributed by atoms with Crippen molar-refractivity contribution in [1.29, 1.82) is 0 Å². The minimum absolute atomic E-state index is 0.0901. The minimum Gasteiger partial charge on any atom is -0.336 e. The van der Waals surface area contributed by atoms with Crippen LogP contribution in [0.4, 0.5) is 8.78 Å². The third kappa shape index (κ3) is 2.45. The predicted octanol–water partition coefficient (Wildman–Crippen LogP) is 0.854. The lowest BCUT2D eigenvalue weighted by molar-refractivity contribution is -0.136. The molecule has 0 aromatic heterocycles. The van der Waals surface area contributed by atoms with E-state index in [1.807, 2.05) is 0 Å². The molecule has 2 aliphatic rings. The quantitative estimate of drug-likeness (QED) is 0.707. The summed E-state index contributed by atoms with van der Waals surface area (Å²) in [5.74, 6) is -2.86. The van der Waals surface area contributed by atoms with Crippen molar-refractivity contribution in [3.05, 3.63) is 0 Å². The molecule has 3 nitrogen and oxygen atoms in total. The maximum Gasteiger partial charge on any atom is 0.267 e. The number of nitrogens with zero attached hydrogens (tertiary/aromatic N) is 1. The fraction of sp³-hybridized carbons (Fsp3) is 0.900. The standard InChI is InChI=1S/C10H16F2N2O/c11-10(12)3-5-14(7-10)9(15)8-2-1-4-13-6-8/h8,13H,1-7H2/t8-/m1/s1. The van der Waals surface area contributed by atoms with Gasteiger partial charge in [-0.3, -0.25) is 4.79 Å². The molecule has 0 aliphatic carbocycles. The van der Waals surface area contributed by atoms with Crippen LogP contribution < -0.4 is 5.32 Å². The monoisotopic (exact) mass is 218 g/mol. The second-order valence-electron chi connectivity index (χ2n) is 4.41. The molecule has 5 heteroatoms. The Morgan fingerprint density at radius 1 is 1.47 bits per heavy atom. The van der Waals surface area contributed by atoms with Gasteiger partial charge in [0.1, 0.15) is 0 Å². The zero-order valence-electron chi connectivity index (χ0n) is 8.64. The summed E-state index contributed by atoms with van der Waals surface area (Å²) in [5.41, 5.74) is 0. The second-order valence-corrected chi connectivity index (χ2v) is 4.41. The normalized spacial score (nSPS) is 30.5. The molecule has 2 aliphatic heterocycles. The Kier molecular flexibility index (Phi) is 2.91. The summed E-state index contributed by atoms with van der Waals surface area (Å²) in [7, 11) is 0. The Labute approximate surface area is 87.8 Å². The molecule has 1 N–H and O–H groups in total. The van der Waals surface area contributed by atoms with Crippen molar-refractivity contribution in [2.75, 3.05) is 26.2 Å². The fourth-order valence-corrected chi connectivity index (χ4v) is 2.24. The molecular formula is C10H16F2N2O. The Hall–Kier alpha value is -0.710. The number of hydrogen-bond donors (Lipinski definition) is 1. The van der Waals surface area contributed by atoms with E-state index < -0.39 is 5.92 Å². The zero-order chi connectivity index (χ0) is 10.9. The van der Waals surface area contributed by atoms with Crippen LogP contribution in [-0.4, -0.2) is 42.9 Å². The van der Waals surface area contributed by atoms with E-state index >= 15 is 0 Å². The van der Waals surface area contributed by atoms with Gasteiger partial charge in [-0.15, -0.1) is 0 Å². The molecule has 1 atom stereocenters. The molecule has 2 heterocycles. The van der Waals surface area contributed by atoms with Crippen molar-refractivity contribution in [2.45, 2.75) is 25.2 Å². The molecular weight excluding hydrogens is 202 g/mol. The number of halogens is 2. The van der Waals surface area contributed by atoms with Crippen molar-refractivity contribution in [2.24, 2.45) is 5.92 Å². The average molecular weight is 218 g/mol.